The summed E-state index contributed by atoms with van der Waals surface area (Å²) in [6.07, 6.45) is 3.89. The average molecular weight is 342 g/mol. The number of H-pyrrole nitrogens is 1. The average Bonchev–Trinajstić information content (AvgIpc) is 2.69. The largest absolute Gasteiger partial charge is 0.322 e. The molecule has 26 heavy (non-hydrogen) atoms. The highest BCUT2D eigenvalue weighted by Gasteiger charge is 2.11. The molecular weight excluding hydrogens is 324 g/mol. The molecule has 4 aromatic rings. The Hall–Kier alpha value is -3.31. The standard InChI is InChI=1S/C21H18N4O/c22-18(10-14-4-2-1-3-5-14)20-12-16(8-9-23-20)15-6-7-19-17(11-15)21(26)25-13-24-19/h1-9,11-13,18H,10,22H2,(H,24,25,26). The number of hydrogen-bond donors (Lipinski definition) is 2. The van der Waals surface area contributed by atoms with Crippen molar-refractivity contribution in [1.29, 1.82) is 0 Å². The third-order valence-electron chi connectivity index (χ3n) is 4.43. The van der Waals surface area contributed by atoms with Crippen LogP contribution in [-0.2, 0) is 6.42 Å². The second kappa shape index (κ2) is 6.90. The van der Waals surface area contributed by atoms with Crippen molar-refractivity contribution in [3.05, 3.63) is 94.8 Å². The smallest absolute Gasteiger partial charge is 0.258 e. The van der Waals surface area contributed by atoms with Gasteiger partial charge in [0, 0.05) is 6.20 Å². The van der Waals surface area contributed by atoms with Crippen LogP contribution in [-0.4, -0.2) is 15.0 Å². The Balaban J connectivity index is 1.67. The van der Waals surface area contributed by atoms with Crippen LogP contribution in [0.4, 0.5) is 0 Å². The summed E-state index contributed by atoms with van der Waals surface area (Å²) < 4.78 is 0. The Bertz CT molecular complexity index is 1110. The fourth-order valence-electron chi connectivity index (χ4n) is 3.05. The molecule has 0 fully saturated rings. The van der Waals surface area contributed by atoms with Crippen LogP contribution in [0.2, 0.25) is 0 Å². The van der Waals surface area contributed by atoms with E-state index in [1.54, 1.807) is 6.20 Å². The van der Waals surface area contributed by atoms with Gasteiger partial charge in [-0.15, -0.1) is 0 Å². The highest BCUT2D eigenvalue weighted by Crippen LogP contribution is 2.24. The summed E-state index contributed by atoms with van der Waals surface area (Å²) in [4.78, 5) is 23.2. The van der Waals surface area contributed by atoms with E-state index in [1.807, 2.05) is 48.5 Å². The maximum absolute atomic E-state index is 12.0. The van der Waals surface area contributed by atoms with Gasteiger partial charge < -0.3 is 10.7 Å². The van der Waals surface area contributed by atoms with E-state index in [1.165, 1.54) is 11.9 Å². The minimum Gasteiger partial charge on any atom is -0.322 e. The molecule has 0 aliphatic rings. The first kappa shape index (κ1) is 16.2. The molecule has 0 bridgehead atoms. The lowest BCUT2D eigenvalue weighted by atomic mass is 9.99. The lowest BCUT2D eigenvalue weighted by Gasteiger charge is -2.13. The molecule has 5 nitrogen and oxygen atoms in total. The molecular formula is C21H18N4O. The van der Waals surface area contributed by atoms with Gasteiger partial charge in [-0.2, -0.15) is 0 Å². The topological polar surface area (TPSA) is 84.7 Å². The second-order valence-corrected chi connectivity index (χ2v) is 6.23. The van der Waals surface area contributed by atoms with E-state index in [2.05, 4.69) is 27.1 Å². The molecule has 0 amide bonds. The number of benzene rings is 2. The van der Waals surface area contributed by atoms with Gasteiger partial charge in [0.2, 0.25) is 0 Å². The first-order chi connectivity index (χ1) is 12.7. The molecule has 2 aromatic carbocycles. The molecule has 0 aliphatic carbocycles. The summed E-state index contributed by atoms with van der Waals surface area (Å²) in [6.45, 7) is 0. The Morgan fingerprint density at radius 2 is 1.77 bits per heavy atom. The van der Waals surface area contributed by atoms with Crippen LogP contribution in [0.25, 0.3) is 22.0 Å². The molecule has 4 rings (SSSR count). The van der Waals surface area contributed by atoms with Crippen LogP contribution in [0, 0.1) is 0 Å². The zero-order valence-electron chi connectivity index (χ0n) is 14.1. The Labute approximate surface area is 150 Å². The number of nitrogens with one attached hydrogen (secondary N) is 1. The molecule has 5 heteroatoms. The maximum atomic E-state index is 12.0. The van der Waals surface area contributed by atoms with Crippen molar-refractivity contribution in [3.63, 3.8) is 0 Å². The molecule has 1 atom stereocenters. The van der Waals surface area contributed by atoms with Crippen molar-refractivity contribution < 1.29 is 0 Å². The van der Waals surface area contributed by atoms with E-state index in [0.29, 0.717) is 10.9 Å². The molecule has 3 N–H and O–H groups in total. The molecule has 1 unspecified atom stereocenters. The number of rotatable bonds is 4. The summed E-state index contributed by atoms with van der Waals surface area (Å²) in [6, 6.07) is 19.5. The monoisotopic (exact) mass is 342 g/mol. The molecule has 2 heterocycles. The number of hydrogen-bond acceptors (Lipinski definition) is 4. The Morgan fingerprint density at radius 1 is 0.962 bits per heavy atom. The van der Waals surface area contributed by atoms with Crippen LogP contribution in [0.15, 0.2) is 78.0 Å². The maximum Gasteiger partial charge on any atom is 0.258 e. The predicted molar refractivity (Wildman–Crippen MR) is 103 cm³/mol. The molecule has 0 aliphatic heterocycles. The first-order valence-electron chi connectivity index (χ1n) is 8.44. The molecule has 0 spiro atoms. The zero-order valence-corrected chi connectivity index (χ0v) is 14.1. The summed E-state index contributed by atoms with van der Waals surface area (Å²) in [7, 11) is 0. The number of nitrogens with zero attached hydrogens (tertiary/aromatic N) is 2. The van der Waals surface area contributed by atoms with Gasteiger partial charge in [-0.3, -0.25) is 9.78 Å². The van der Waals surface area contributed by atoms with Crippen molar-refractivity contribution in [2.75, 3.05) is 0 Å². The van der Waals surface area contributed by atoms with Gasteiger partial charge in [-0.25, -0.2) is 4.98 Å². The van der Waals surface area contributed by atoms with Gasteiger partial charge in [0.25, 0.3) is 5.56 Å². The Kier molecular flexibility index (Phi) is 4.29. The van der Waals surface area contributed by atoms with Crippen LogP contribution < -0.4 is 11.3 Å². The number of aromatic amines is 1. The molecule has 0 saturated heterocycles. The van der Waals surface area contributed by atoms with Gasteiger partial charge >= 0.3 is 0 Å². The summed E-state index contributed by atoms with van der Waals surface area (Å²) >= 11 is 0. The van der Waals surface area contributed by atoms with Crippen LogP contribution >= 0.6 is 0 Å². The highest BCUT2D eigenvalue weighted by atomic mass is 16.1. The quantitative estimate of drug-likeness (QED) is 0.596. The lowest BCUT2D eigenvalue weighted by Crippen LogP contribution is -2.14. The normalized spacial score (nSPS) is 12.2. The van der Waals surface area contributed by atoms with Crippen molar-refractivity contribution in [2.45, 2.75) is 12.5 Å². The molecule has 0 radical (unpaired) electrons. The van der Waals surface area contributed by atoms with Gasteiger partial charge in [0.05, 0.1) is 29.0 Å². The van der Waals surface area contributed by atoms with E-state index in [9.17, 15) is 4.79 Å². The van der Waals surface area contributed by atoms with E-state index in [0.717, 1.165) is 23.2 Å². The van der Waals surface area contributed by atoms with Gasteiger partial charge in [-0.05, 0) is 47.4 Å². The van der Waals surface area contributed by atoms with Gasteiger partial charge in [-0.1, -0.05) is 36.4 Å². The van der Waals surface area contributed by atoms with E-state index in [4.69, 9.17) is 5.73 Å². The molecule has 128 valence electrons. The number of aromatic nitrogens is 3. The fraction of sp³-hybridized carbons (Fsp3) is 0.0952. The van der Waals surface area contributed by atoms with Crippen LogP contribution in [0.1, 0.15) is 17.3 Å². The van der Waals surface area contributed by atoms with Crippen molar-refractivity contribution in [1.82, 2.24) is 15.0 Å². The van der Waals surface area contributed by atoms with Gasteiger partial charge in [0.15, 0.2) is 0 Å². The van der Waals surface area contributed by atoms with Crippen molar-refractivity contribution >= 4 is 10.9 Å². The summed E-state index contributed by atoms with van der Waals surface area (Å²) in [5.41, 5.74) is 10.8. The number of nitrogens with two attached hydrogens (primary N) is 1. The number of pyridine rings is 1. The molecule has 0 saturated carbocycles. The zero-order chi connectivity index (χ0) is 17.9. The Morgan fingerprint density at radius 3 is 2.62 bits per heavy atom. The second-order valence-electron chi connectivity index (χ2n) is 6.23. The summed E-state index contributed by atoms with van der Waals surface area (Å²) in [5, 5.41) is 0.567. The summed E-state index contributed by atoms with van der Waals surface area (Å²) in [5.74, 6) is 0. The minimum absolute atomic E-state index is 0.146. The van der Waals surface area contributed by atoms with E-state index >= 15 is 0 Å². The minimum atomic E-state index is -0.192. The van der Waals surface area contributed by atoms with E-state index < -0.39 is 0 Å². The third-order valence-corrected chi connectivity index (χ3v) is 4.43. The van der Waals surface area contributed by atoms with Crippen molar-refractivity contribution in [2.24, 2.45) is 5.73 Å². The van der Waals surface area contributed by atoms with Crippen LogP contribution in [0.5, 0.6) is 0 Å². The highest BCUT2D eigenvalue weighted by molar-refractivity contribution is 5.83. The predicted octanol–water partition coefficient (Wildman–Crippen LogP) is 3.23. The van der Waals surface area contributed by atoms with Gasteiger partial charge in [0.1, 0.15) is 0 Å². The lowest BCUT2D eigenvalue weighted by molar-refractivity contribution is 0.697. The van der Waals surface area contributed by atoms with E-state index in [-0.39, 0.29) is 11.6 Å². The fourth-order valence-corrected chi connectivity index (χ4v) is 3.05. The SMILES string of the molecule is NC(Cc1ccccc1)c1cc(-c2ccc3nc[nH]c(=O)c3c2)ccn1. The third kappa shape index (κ3) is 3.25. The van der Waals surface area contributed by atoms with Crippen molar-refractivity contribution in [3.8, 4) is 11.1 Å². The first-order valence-corrected chi connectivity index (χ1v) is 8.44. The number of fused-ring (bicyclic) bond motifs is 1. The van der Waals surface area contributed by atoms with Crippen LogP contribution in [0.3, 0.4) is 0 Å². The molecule has 2 aromatic heterocycles.